The first-order valence-corrected chi connectivity index (χ1v) is 4.38. The Balaban J connectivity index is 2.25. The van der Waals surface area contributed by atoms with Crippen LogP contribution in [0.1, 0.15) is 19.4 Å². The lowest BCUT2D eigenvalue weighted by Gasteiger charge is -2.06. The smallest absolute Gasteiger partial charge is 0.0271 e. The third-order valence-electron chi connectivity index (χ3n) is 1.63. The van der Waals surface area contributed by atoms with Crippen molar-refractivity contribution in [1.82, 2.24) is 10.3 Å². The van der Waals surface area contributed by atoms with Gasteiger partial charge < -0.3 is 5.32 Å². The van der Waals surface area contributed by atoms with Gasteiger partial charge in [0.1, 0.15) is 0 Å². The summed E-state index contributed by atoms with van der Waals surface area (Å²) in [7, 11) is 0. The molecular weight excluding hydrogens is 148 g/mol. The summed E-state index contributed by atoms with van der Waals surface area (Å²) in [6.07, 6.45) is 3.65. The number of aromatic nitrogens is 1. The van der Waals surface area contributed by atoms with E-state index in [0.29, 0.717) is 5.92 Å². The Bertz CT molecular complexity index is 206. The minimum Gasteiger partial charge on any atom is -0.312 e. The Kier molecular flexibility index (Phi) is 3.74. The fraction of sp³-hybridized carbons (Fsp3) is 0.500. The number of pyridine rings is 1. The van der Waals surface area contributed by atoms with E-state index in [1.165, 1.54) is 5.56 Å². The zero-order chi connectivity index (χ0) is 8.81. The van der Waals surface area contributed by atoms with Crippen LogP contribution in [0.4, 0.5) is 0 Å². The molecule has 0 saturated carbocycles. The van der Waals surface area contributed by atoms with Crippen LogP contribution in [0.3, 0.4) is 0 Å². The molecule has 1 heterocycles. The van der Waals surface area contributed by atoms with E-state index in [2.05, 4.69) is 24.1 Å². The zero-order valence-electron chi connectivity index (χ0n) is 7.75. The van der Waals surface area contributed by atoms with Crippen molar-refractivity contribution in [3.8, 4) is 0 Å². The predicted molar refractivity (Wildman–Crippen MR) is 50.8 cm³/mol. The highest BCUT2D eigenvalue weighted by Gasteiger charge is 1.93. The van der Waals surface area contributed by atoms with Gasteiger partial charge in [0.05, 0.1) is 0 Å². The normalized spacial score (nSPS) is 10.6. The Hall–Kier alpha value is -0.890. The maximum absolute atomic E-state index is 3.96. The maximum Gasteiger partial charge on any atom is 0.0271 e. The van der Waals surface area contributed by atoms with Crippen LogP contribution in [0.5, 0.6) is 0 Å². The number of rotatable bonds is 4. The molecule has 0 fully saturated rings. The van der Waals surface area contributed by atoms with Crippen molar-refractivity contribution in [1.29, 1.82) is 0 Å². The Morgan fingerprint density at radius 3 is 2.58 bits per heavy atom. The molecule has 2 heteroatoms. The number of hydrogen-bond donors (Lipinski definition) is 1. The van der Waals surface area contributed by atoms with E-state index in [1.54, 1.807) is 0 Å². The van der Waals surface area contributed by atoms with E-state index in [0.717, 1.165) is 13.1 Å². The SMILES string of the molecule is CC(C)CNCc1ccncc1. The van der Waals surface area contributed by atoms with Crippen molar-refractivity contribution in [3.63, 3.8) is 0 Å². The lowest BCUT2D eigenvalue weighted by molar-refractivity contribution is 0.552. The largest absolute Gasteiger partial charge is 0.312 e. The highest BCUT2D eigenvalue weighted by atomic mass is 14.8. The molecule has 1 rings (SSSR count). The first-order chi connectivity index (χ1) is 5.79. The highest BCUT2D eigenvalue weighted by Crippen LogP contribution is 1.95. The van der Waals surface area contributed by atoms with Crippen LogP contribution in [-0.2, 0) is 6.54 Å². The summed E-state index contributed by atoms with van der Waals surface area (Å²) in [5.74, 6) is 0.715. The van der Waals surface area contributed by atoms with Gasteiger partial charge >= 0.3 is 0 Å². The molecular formula is C10H16N2. The summed E-state index contributed by atoms with van der Waals surface area (Å²) in [5.41, 5.74) is 1.30. The van der Waals surface area contributed by atoms with Gasteiger partial charge in [-0.3, -0.25) is 4.98 Å². The van der Waals surface area contributed by atoms with Gasteiger partial charge in [-0.25, -0.2) is 0 Å². The average molecular weight is 164 g/mol. The van der Waals surface area contributed by atoms with Crippen molar-refractivity contribution in [2.24, 2.45) is 5.92 Å². The van der Waals surface area contributed by atoms with Crippen molar-refractivity contribution in [2.45, 2.75) is 20.4 Å². The molecule has 1 N–H and O–H groups in total. The van der Waals surface area contributed by atoms with Crippen molar-refractivity contribution in [2.75, 3.05) is 6.54 Å². The fourth-order valence-electron chi connectivity index (χ4n) is 1.01. The van der Waals surface area contributed by atoms with Crippen LogP contribution in [0, 0.1) is 5.92 Å². The van der Waals surface area contributed by atoms with E-state index in [4.69, 9.17) is 0 Å². The van der Waals surface area contributed by atoms with Crippen LogP contribution in [0.15, 0.2) is 24.5 Å². The number of nitrogens with one attached hydrogen (secondary N) is 1. The Labute approximate surface area is 74.0 Å². The molecule has 0 aromatic carbocycles. The van der Waals surface area contributed by atoms with E-state index in [1.807, 2.05) is 24.5 Å². The maximum atomic E-state index is 3.96. The summed E-state index contributed by atoms with van der Waals surface area (Å²) in [6, 6.07) is 4.07. The summed E-state index contributed by atoms with van der Waals surface area (Å²) in [5, 5.41) is 3.37. The van der Waals surface area contributed by atoms with Gasteiger partial charge in [-0.2, -0.15) is 0 Å². The van der Waals surface area contributed by atoms with Crippen molar-refractivity contribution < 1.29 is 0 Å². The van der Waals surface area contributed by atoms with Gasteiger partial charge in [0.2, 0.25) is 0 Å². The van der Waals surface area contributed by atoms with Crippen LogP contribution >= 0.6 is 0 Å². The van der Waals surface area contributed by atoms with Gasteiger partial charge in [-0.1, -0.05) is 13.8 Å². The first-order valence-electron chi connectivity index (χ1n) is 4.38. The Morgan fingerprint density at radius 2 is 2.00 bits per heavy atom. The van der Waals surface area contributed by atoms with E-state index >= 15 is 0 Å². The van der Waals surface area contributed by atoms with Gasteiger partial charge in [-0.05, 0) is 30.2 Å². The second-order valence-electron chi connectivity index (χ2n) is 3.38. The monoisotopic (exact) mass is 164 g/mol. The van der Waals surface area contributed by atoms with Gasteiger partial charge in [0, 0.05) is 18.9 Å². The Morgan fingerprint density at radius 1 is 1.33 bits per heavy atom. The predicted octanol–water partition coefficient (Wildman–Crippen LogP) is 1.83. The second-order valence-corrected chi connectivity index (χ2v) is 3.38. The molecule has 0 spiro atoms. The van der Waals surface area contributed by atoms with Crippen molar-refractivity contribution in [3.05, 3.63) is 30.1 Å². The third-order valence-corrected chi connectivity index (χ3v) is 1.63. The second kappa shape index (κ2) is 4.88. The molecule has 0 saturated heterocycles. The minimum absolute atomic E-state index is 0.715. The minimum atomic E-state index is 0.715. The average Bonchev–Trinajstić information content (AvgIpc) is 2.05. The summed E-state index contributed by atoms with van der Waals surface area (Å²) in [4.78, 5) is 3.96. The molecule has 0 aliphatic carbocycles. The van der Waals surface area contributed by atoms with Crippen LogP contribution in [-0.4, -0.2) is 11.5 Å². The molecule has 0 aliphatic rings. The number of nitrogens with zero attached hydrogens (tertiary/aromatic N) is 1. The zero-order valence-corrected chi connectivity index (χ0v) is 7.75. The first kappa shape index (κ1) is 9.20. The van der Waals surface area contributed by atoms with Crippen LogP contribution in [0.2, 0.25) is 0 Å². The van der Waals surface area contributed by atoms with Crippen LogP contribution < -0.4 is 5.32 Å². The van der Waals surface area contributed by atoms with Gasteiger partial charge in [0.15, 0.2) is 0 Å². The lowest BCUT2D eigenvalue weighted by Crippen LogP contribution is -2.18. The molecule has 2 nitrogen and oxygen atoms in total. The van der Waals surface area contributed by atoms with E-state index in [9.17, 15) is 0 Å². The van der Waals surface area contributed by atoms with E-state index in [-0.39, 0.29) is 0 Å². The molecule has 0 bridgehead atoms. The molecule has 1 aromatic heterocycles. The number of hydrogen-bond acceptors (Lipinski definition) is 2. The van der Waals surface area contributed by atoms with Gasteiger partial charge in [0.25, 0.3) is 0 Å². The highest BCUT2D eigenvalue weighted by molar-refractivity contribution is 5.08. The molecule has 1 aromatic rings. The standard InChI is InChI=1S/C10H16N2/c1-9(2)7-12-8-10-3-5-11-6-4-10/h3-6,9,12H,7-8H2,1-2H3. The molecule has 0 aliphatic heterocycles. The van der Waals surface area contributed by atoms with Crippen molar-refractivity contribution >= 4 is 0 Å². The summed E-state index contributed by atoms with van der Waals surface area (Å²) in [6.45, 7) is 6.43. The molecule has 0 amide bonds. The fourth-order valence-corrected chi connectivity index (χ4v) is 1.01. The van der Waals surface area contributed by atoms with Crippen LogP contribution in [0.25, 0.3) is 0 Å². The summed E-state index contributed by atoms with van der Waals surface area (Å²) < 4.78 is 0. The van der Waals surface area contributed by atoms with E-state index < -0.39 is 0 Å². The lowest BCUT2D eigenvalue weighted by atomic mass is 10.2. The molecule has 12 heavy (non-hydrogen) atoms. The third kappa shape index (κ3) is 3.49. The quantitative estimate of drug-likeness (QED) is 0.734. The molecule has 0 radical (unpaired) electrons. The topological polar surface area (TPSA) is 24.9 Å². The summed E-state index contributed by atoms with van der Waals surface area (Å²) >= 11 is 0. The molecule has 66 valence electrons. The van der Waals surface area contributed by atoms with Gasteiger partial charge in [-0.15, -0.1) is 0 Å². The molecule has 0 atom stereocenters. The molecule has 0 unspecified atom stereocenters.